The van der Waals surface area contributed by atoms with Gasteiger partial charge in [0.15, 0.2) is 0 Å². The van der Waals surface area contributed by atoms with E-state index in [0.717, 1.165) is 28.3 Å². The van der Waals surface area contributed by atoms with Gasteiger partial charge in [0.25, 0.3) is 5.91 Å². The molecule has 0 unspecified atom stereocenters. The zero-order valence-corrected chi connectivity index (χ0v) is 17.0. The molecule has 0 radical (unpaired) electrons. The lowest BCUT2D eigenvalue weighted by Crippen LogP contribution is -2.24. The van der Waals surface area contributed by atoms with Crippen LogP contribution in [0.1, 0.15) is 21.9 Å². The van der Waals surface area contributed by atoms with Crippen LogP contribution in [0.3, 0.4) is 0 Å². The minimum absolute atomic E-state index is 0.239. The zero-order valence-electron chi connectivity index (χ0n) is 17.0. The van der Waals surface area contributed by atoms with Gasteiger partial charge in [-0.3, -0.25) is 9.59 Å². The van der Waals surface area contributed by atoms with Crippen LogP contribution in [0.2, 0.25) is 0 Å². The summed E-state index contributed by atoms with van der Waals surface area (Å²) < 4.78 is 5.20. The molecule has 3 aromatic carbocycles. The number of carbonyl (C=O) groups excluding carboxylic acids is 1. The number of rotatable bonds is 5. The molecule has 5 heteroatoms. The van der Waals surface area contributed by atoms with Crippen LogP contribution in [0, 0.1) is 6.92 Å². The summed E-state index contributed by atoms with van der Waals surface area (Å²) in [6, 6.07) is 27.5. The van der Waals surface area contributed by atoms with Crippen LogP contribution in [-0.4, -0.2) is 11.0 Å². The maximum Gasteiger partial charge on any atom is 0.291 e. The number of hydrogen-bond acceptors (Lipinski definition) is 4. The van der Waals surface area contributed by atoms with E-state index in [0.29, 0.717) is 0 Å². The normalized spacial score (nSPS) is 10.6. The Morgan fingerprint density at radius 3 is 1.94 bits per heavy atom. The summed E-state index contributed by atoms with van der Waals surface area (Å²) in [5.41, 5.74) is 4.74. The van der Waals surface area contributed by atoms with Gasteiger partial charge in [-0.25, -0.2) is 0 Å². The number of benzene rings is 3. The summed E-state index contributed by atoms with van der Waals surface area (Å²) in [6.07, 6.45) is 0. The molecule has 2 N–H and O–H groups in total. The van der Waals surface area contributed by atoms with Crippen LogP contribution in [0.25, 0.3) is 22.3 Å². The van der Waals surface area contributed by atoms with Gasteiger partial charge in [-0.05, 0) is 34.7 Å². The van der Waals surface area contributed by atoms with E-state index in [1.807, 2.05) is 42.5 Å². The Morgan fingerprint density at radius 2 is 1.35 bits per heavy atom. The van der Waals surface area contributed by atoms with Gasteiger partial charge in [-0.15, -0.1) is 0 Å². The molecule has 4 rings (SSSR count). The first kappa shape index (κ1) is 20.2. The minimum Gasteiger partial charge on any atom is -0.501 e. The molecule has 0 fully saturated rings. The molecule has 4 aromatic rings. The quantitative estimate of drug-likeness (QED) is 0.489. The second kappa shape index (κ2) is 8.71. The van der Waals surface area contributed by atoms with Crippen molar-refractivity contribution in [2.24, 2.45) is 0 Å². The Kier molecular flexibility index (Phi) is 5.67. The molecular formula is C26H21NO4. The Morgan fingerprint density at radius 1 is 0.839 bits per heavy atom. The summed E-state index contributed by atoms with van der Waals surface area (Å²) >= 11 is 0. The molecule has 0 aliphatic rings. The summed E-state index contributed by atoms with van der Waals surface area (Å²) in [5.74, 6) is -1.44. The van der Waals surface area contributed by atoms with Crippen LogP contribution < -0.4 is 10.7 Å². The summed E-state index contributed by atoms with van der Waals surface area (Å²) in [4.78, 5) is 23.9. The molecule has 1 heterocycles. The van der Waals surface area contributed by atoms with Crippen LogP contribution in [0.4, 0.5) is 0 Å². The van der Waals surface area contributed by atoms with Crippen molar-refractivity contribution in [2.45, 2.75) is 13.5 Å². The fraction of sp³-hybridized carbons (Fsp3) is 0.0769. The van der Waals surface area contributed by atoms with Gasteiger partial charge >= 0.3 is 0 Å². The standard InChI is InChI=1S/C26H21NO4/c1-17-15-23(28)24(29)25(31-17)26(30)27-16-18-7-9-20(10-8-18)22-13-11-21(12-14-22)19-5-3-2-4-6-19/h2-15,29H,16H2,1H3,(H,27,30). The first-order valence-corrected chi connectivity index (χ1v) is 9.88. The highest BCUT2D eigenvalue weighted by molar-refractivity contribution is 5.93. The van der Waals surface area contributed by atoms with Gasteiger partial charge in [-0.1, -0.05) is 78.9 Å². The van der Waals surface area contributed by atoms with E-state index in [1.54, 1.807) is 6.92 Å². The maximum atomic E-state index is 12.3. The first-order valence-electron chi connectivity index (χ1n) is 9.88. The number of aryl methyl sites for hydroxylation is 1. The molecule has 31 heavy (non-hydrogen) atoms. The third-order valence-electron chi connectivity index (χ3n) is 4.98. The number of aromatic hydroxyl groups is 1. The maximum absolute atomic E-state index is 12.3. The van der Waals surface area contributed by atoms with E-state index in [4.69, 9.17) is 4.42 Å². The van der Waals surface area contributed by atoms with Crippen molar-refractivity contribution in [1.82, 2.24) is 5.32 Å². The lowest BCUT2D eigenvalue weighted by Gasteiger charge is -2.08. The van der Waals surface area contributed by atoms with E-state index in [9.17, 15) is 14.7 Å². The van der Waals surface area contributed by atoms with Crippen LogP contribution in [0.5, 0.6) is 5.75 Å². The zero-order chi connectivity index (χ0) is 21.8. The highest BCUT2D eigenvalue weighted by Gasteiger charge is 2.17. The SMILES string of the molecule is Cc1cc(=O)c(O)c(C(=O)NCc2ccc(-c3ccc(-c4ccccc4)cc3)cc2)o1. The Hall–Kier alpha value is -4.12. The molecule has 1 aromatic heterocycles. The Balaban J connectivity index is 1.43. The number of hydrogen-bond donors (Lipinski definition) is 2. The van der Waals surface area contributed by atoms with Crippen LogP contribution in [0.15, 0.2) is 94.1 Å². The topological polar surface area (TPSA) is 79.5 Å². The van der Waals surface area contributed by atoms with Crippen molar-refractivity contribution < 1.29 is 14.3 Å². The van der Waals surface area contributed by atoms with E-state index in [-0.39, 0.29) is 18.1 Å². The van der Waals surface area contributed by atoms with Crippen LogP contribution >= 0.6 is 0 Å². The molecule has 0 saturated carbocycles. The molecule has 1 amide bonds. The Labute approximate surface area is 179 Å². The molecule has 0 aliphatic heterocycles. The monoisotopic (exact) mass is 411 g/mol. The molecule has 5 nitrogen and oxygen atoms in total. The summed E-state index contributed by atoms with van der Waals surface area (Å²) in [7, 11) is 0. The Bertz CT molecular complexity index is 1260. The summed E-state index contributed by atoms with van der Waals surface area (Å²) in [6.45, 7) is 1.78. The molecule has 154 valence electrons. The second-order valence-electron chi connectivity index (χ2n) is 7.22. The van der Waals surface area contributed by atoms with Gasteiger partial charge in [0.05, 0.1) is 0 Å². The largest absolute Gasteiger partial charge is 0.501 e. The number of amides is 1. The minimum atomic E-state index is -0.683. The second-order valence-corrected chi connectivity index (χ2v) is 7.22. The average Bonchev–Trinajstić information content (AvgIpc) is 2.81. The van der Waals surface area contributed by atoms with Gasteiger partial charge in [0.1, 0.15) is 5.76 Å². The van der Waals surface area contributed by atoms with Crippen molar-refractivity contribution in [1.29, 1.82) is 0 Å². The van der Waals surface area contributed by atoms with Gasteiger partial charge in [0, 0.05) is 12.6 Å². The molecule has 0 aliphatic carbocycles. The molecular weight excluding hydrogens is 390 g/mol. The molecule has 0 spiro atoms. The fourth-order valence-corrected chi connectivity index (χ4v) is 3.32. The third-order valence-corrected chi connectivity index (χ3v) is 4.98. The van der Waals surface area contributed by atoms with Crippen molar-refractivity contribution in [3.8, 4) is 28.0 Å². The van der Waals surface area contributed by atoms with Gasteiger partial charge in [0.2, 0.25) is 16.9 Å². The van der Waals surface area contributed by atoms with Crippen molar-refractivity contribution >= 4 is 5.91 Å². The van der Waals surface area contributed by atoms with Gasteiger partial charge in [-0.2, -0.15) is 0 Å². The van der Waals surface area contributed by atoms with E-state index >= 15 is 0 Å². The predicted molar refractivity (Wildman–Crippen MR) is 120 cm³/mol. The predicted octanol–water partition coefficient (Wildman–Crippen LogP) is 4.92. The molecule has 0 saturated heterocycles. The van der Waals surface area contributed by atoms with Gasteiger partial charge < -0.3 is 14.8 Å². The van der Waals surface area contributed by atoms with E-state index in [2.05, 4.69) is 41.7 Å². The molecule has 0 atom stereocenters. The number of nitrogens with one attached hydrogen (secondary N) is 1. The fourth-order valence-electron chi connectivity index (χ4n) is 3.32. The molecule has 0 bridgehead atoms. The smallest absolute Gasteiger partial charge is 0.291 e. The van der Waals surface area contributed by atoms with Crippen LogP contribution in [-0.2, 0) is 6.54 Å². The first-order chi connectivity index (χ1) is 15.0. The lowest BCUT2D eigenvalue weighted by molar-refractivity contribution is 0.0913. The van der Waals surface area contributed by atoms with E-state index in [1.165, 1.54) is 5.56 Å². The third kappa shape index (κ3) is 4.56. The van der Waals surface area contributed by atoms with Crippen molar-refractivity contribution in [2.75, 3.05) is 0 Å². The highest BCUT2D eigenvalue weighted by Crippen LogP contribution is 2.25. The van der Waals surface area contributed by atoms with Crippen molar-refractivity contribution in [3.63, 3.8) is 0 Å². The van der Waals surface area contributed by atoms with Crippen molar-refractivity contribution in [3.05, 3.63) is 112 Å². The summed E-state index contributed by atoms with van der Waals surface area (Å²) in [5, 5.41) is 12.4. The average molecular weight is 411 g/mol. The van der Waals surface area contributed by atoms with E-state index < -0.39 is 17.1 Å². The highest BCUT2D eigenvalue weighted by atomic mass is 16.4. The number of carbonyl (C=O) groups is 1. The lowest BCUT2D eigenvalue weighted by atomic mass is 9.99.